The molecule has 0 saturated heterocycles. The standard InChI is InChI=1S/C23H17Cl2NO3.OS/c1-28-12-19-17-7-5-14(13-3-2-4-16(26)9-13)10-21(17)29-23(19)22(27)18-8-6-15(24)11-20(18)25;1-2/h2-11H,12,26H2,1H3;. The number of methoxy groups -OCH3 is 1. The third-order valence-corrected chi connectivity index (χ3v) is 5.23. The fraction of sp³-hybridized carbons (Fsp3) is 0.0870. The molecule has 0 amide bonds. The Morgan fingerprint density at radius 1 is 1.03 bits per heavy atom. The molecule has 2 N–H and O–H groups in total. The smallest absolute Gasteiger partial charge is 0.230 e. The van der Waals surface area contributed by atoms with Gasteiger partial charge in [-0.05, 0) is 47.5 Å². The molecule has 1 heterocycles. The van der Waals surface area contributed by atoms with Gasteiger partial charge in [0, 0.05) is 34.3 Å². The fourth-order valence-corrected chi connectivity index (χ4v) is 3.81. The van der Waals surface area contributed by atoms with E-state index in [2.05, 4.69) is 12.5 Å². The van der Waals surface area contributed by atoms with Gasteiger partial charge in [-0.25, -0.2) is 0 Å². The van der Waals surface area contributed by atoms with E-state index in [9.17, 15) is 4.79 Å². The van der Waals surface area contributed by atoms with Gasteiger partial charge in [-0.15, -0.1) is 0 Å². The average molecular weight is 474 g/mol. The zero-order chi connectivity index (χ0) is 22.5. The SMILES string of the molecule is COCc1c(C(=O)c2ccc(Cl)cc2Cl)oc2cc(-c3cccc(N)c3)ccc12.O=S. The molecule has 8 heteroatoms. The van der Waals surface area contributed by atoms with E-state index in [0.29, 0.717) is 27.4 Å². The number of anilines is 1. The Morgan fingerprint density at radius 3 is 2.45 bits per heavy atom. The van der Waals surface area contributed by atoms with E-state index in [4.69, 9.17) is 42.3 Å². The summed E-state index contributed by atoms with van der Waals surface area (Å²) in [6, 6.07) is 18.1. The Bertz CT molecular complexity index is 1260. The monoisotopic (exact) mass is 473 g/mol. The molecule has 0 radical (unpaired) electrons. The topological polar surface area (TPSA) is 82.5 Å². The molecule has 0 aliphatic rings. The number of nitrogens with two attached hydrogens (primary N) is 1. The summed E-state index contributed by atoms with van der Waals surface area (Å²) in [5.41, 5.74) is 10.1. The molecule has 0 unspecified atom stereocenters. The molecule has 4 rings (SSSR count). The fourth-order valence-electron chi connectivity index (χ4n) is 3.31. The Hall–Kier alpha value is -2.77. The van der Waals surface area contributed by atoms with Crippen molar-refractivity contribution in [2.45, 2.75) is 6.61 Å². The van der Waals surface area contributed by atoms with E-state index in [0.717, 1.165) is 16.5 Å². The maximum absolute atomic E-state index is 13.1. The minimum absolute atomic E-state index is 0.204. The molecular weight excluding hydrogens is 457 g/mol. The molecule has 5 nitrogen and oxygen atoms in total. The van der Waals surface area contributed by atoms with E-state index in [-0.39, 0.29) is 23.2 Å². The highest BCUT2D eigenvalue weighted by Gasteiger charge is 2.24. The van der Waals surface area contributed by atoms with Gasteiger partial charge in [-0.3, -0.25) is 4.79 Å². The van der Waals surface area contributed by atoms with E-state index in [1.165, 1.54) is 6.07 Å². The lowest BCUT2D eigenvalue weighted by molar-refractivity contribution is 0.100. The van der Waals surface area contributed by atoms with Crippen LogP contribution in [0.4, 0.5) is 5.69 Å². The van der Waals surface area contributed by atoms with E-state index >= 15 is 0 Å². The quantitative estimate of drug-likeness (QED) is 0.281. The van der Waals surface area contributed by atoms with Crippen molar-refractivity contribution in [3.8, 4) is 11.1 Å². The molecular formula is C23H17Cl2NO4S. The van der Waals surface area contributed by atoms with Gasteiger partial charge in [0.1, 0.15) is 5.58 Å². The summed E-state index contributed by atoms with van der Waals surface area (Å²) < 4.78 is 19.1. The lowest BCUT2D eigenvalue weighted by Crippen LogP contribution is -2.04. The summed E-state index contributed by atoms with van der Waals surface area (Å²) >= 11 is 15.0. The van der Waals surface area contributed by atoms with Crippen LogP contribution in [0.2, 0.25) is 10.0 Å². The van der Waals surface area contributed by atoms with Gasteiger partial charge in [-0.1, -0.05) is 47.5 Å². The highest BCUT2D eigenvalue weighted by Crippen LogP contribution is 2.34. The van der Waals surface area contributed by atoms with E-state index < -0.39 is 0 Å². The maximum atomic E-state index is 13.1. The molecule has 3 aromatic carbocycles. The van der Waals surface area contributed by atoms with Gasteiger partial charge in [0.05, 0.1) is 11.6 Å². The second kappa shape index (κ2) is 10.0. The largest absolute Gasteiger partial charge is 0.452 e. The van der Waals surface area contributed by atoms with Gasteiger partial charge in [0.15, 0.2) is 18.3 Å². The molecule has 4 aromatic rings. The molecule has 0 fully saturated rings. The van der Waals surface area contributed by atoms with E-state index in [1.807, 2.05) is 42.5 Å². The Morgan fingerprint density at radius 2 is 1.77 bits per heavy atom. The first-order valence-corrected chi connectivity index (χ1v) is 10.1. The van der Waals surface area contributed by atoms with Crippen LogP contribution in [-0.4, -0.2) is 17.1 Å². The number of benzene rings is 3. The number of hydrogen-bond acceptors (Lipinski definition) is 6. The molecule has 0 aliphatic heterocycles. The number of ether oxygens (including phenoxy) is 1. The first-order valence-electron chi connectivity index (χ1n) is 9.04. The Balaban J connectivity index is 0.00000132. The normalized spacial score (nSPS) is 10.5. The third kappa shape index (κ3) is 4.78. The van der Waals surface area contributed by atoms with Crippen molar-refractivity contribution in [1.82, 2.24) is 0 Å². The van der Waals surface area contributed by atoms with Crippen LogP contribution in [0.3, 0.4) is 0 Å². The average Bonchev–Trinajstić information content (AvgIpc) is 3.13. The number of hydrogen-bond donors (Lipinski definition) is 1. The third-order valence-electron chi connectivity index (χ3n) is 4.68. The van der Waals surface area contributed by atoms with Crippen LogP contribution >= 0.6 is 23.2 Å². The minimum Gasteiger partial charge on any atom is -0.452 e. The lowest BCUT2D eigenvalue weighted by atomic mass is 10.0. The van der Waals surface area contributed by atoms with Crippen molar-refractivity contribution >= 4 is 58.2 Å². The first-order chi connectivity index (χ1) is 15.0. The zero-order valence-corrected chi connectivity index (χ0v) is 18.7. The maximum Gasteiger partial charge on any atom is 0.230 e. The number of ketones is 1. The molecule has 0 bridgehead atoms. The van der Waals surface area contributed by atoms with Crippen molar-refractivity contribution in [3.05, 3.63) is 87.6 Å². The van der Waals surface area contributed by atoms with Crippen LogP contribution in [0.25, 0.3) is 22.1 Å². The first kappa shape index (κ1) is 22.9. The molecule has 0 atom stereocenters. The zero-order valence-electron chi connectivity index (χ0n) is 16.4. The Labute approximate surface area is 194 Å². The summed E-state index contributed by atoms with van der Waals surface area (Å²) in [5.74, 6) is -0.115. The summed E-state index contributed by atoms with van der Waals surface area (Å²) in [4.78, 5) is 13.1. The number of carbonyl (C=O) groups excluding carboxylic acids is 1. The van der Waals surface area contributed by atoms with Gasteiger partial charge >= 0.3 is 0 Å². The molecule has 0 aliphatic carbocycles. The minimum atomic E-state index is -0.319. The van der Waals surface area contributed by atoms with Crippen LogP contribution in [0.15, 0.2) is 65.1 Å². The van der Waals surface area contributed by atoms with Crippen molar-refractivity contribution < 1.29 is 18.2 Å². The number of rotatable bonds is 5. The second-order valence-electron chi connectivity index (χ2n) is 6.63. The predicted octanol–water partition coefficient (Wildman–Crippen LogP) is 6.03. The van der Waals surface area contributed by atoms with Crippen molar-refractivity contribution in [1.29, 1.82) is 0 Å². The van der Waals surface area contributed by atoms with Crippen molar-refractivity contribution in [3.63, 3.8) is 0 Å². The lowest BCUT2D eigenvalue weighted by Gasteiger charge is -2.04. The highest BCUT2D eigenvalue weighted by atomic mass is 35.5. The number of nitrogen functional groups attached to an aromatic ring is 1. The summed E-state index contributed by atoms with van der Waals surface area (Å²) in [6.45, 7) is 0.233. The summed E-state index contributed by atoms with van der Waals surface area (Å²) in [7, 11) is 1.57. The van der Waals surface area contributed by atoms with Crippen molar-refractivity contribution in [2.24, 2.45) is 0 Å². The number of halogens is 2. The number of carbonyl (C=O) groups is 1. The second-order valence-corrected chi connectivity index (χ2v) is 7.48. The number of fused-ring (bicyclic) bond motifs is 1. The summed E-state index contributed by atoms with van der Waals surface area (Å²) in [6.07, 6.45) is 0. The van der Waals surface area contributed by atoms with Gasteiger partial charge in [0.25, 0.3) is 0 Å². The molecule has 1 aromatic heterocycles. The predicted molar refractivity (Wildman–Crippen MR) is 125 cm³/mol. The van der Waals surface area contributed by atoms with Gasteiger partial charge in [0.2, 0.25) is 5.78 Å². The highest BCUT2D eigenvalue weighted by molar-refractivity contribution is 7.44. The Kier molecular flexibility index (Phi) is 7.41. The van der Waals surface area contributed by atoms with Crippen LogP contribution in [0.1, 0.15) is 21.7 Å². The molecule has 158 valence electrons. The summed E-state index contributed by atoms with van der Waals surface area (Å²) in [5, 5.41) is 1.54. The van der Waals surface area contributed by atoms with Crippen LogP contribution in [-0.2, 0) is 23.9 Å². The molecule has 0 spiro atoms. The van der Waals surface area contributed by atoms with Gasteiger partial charge < -0.3 is 14.9 Å². The van der Waals surface area contributed by atoms with Crippen LogP contribution in [0.5, 0.6) is 0 Å². The van der Waals surface area contributed by atoms with Gasteiger partial charge in [-0.2, -0.15) is 4.21 Å². The van der Waals surface area contributed by atoms with Crippen LogP contribution < -0.4 is 5.73 Å². The molecule has 0 saturated carbocycles. The van der Waals surface area contributed by atoms with Crippen molar-refractivity contribution in [2.75, 3.05) is 12.8 Å². The number of furan rings is 1. The van der Waals surface area contributed by atoms with E-state index in [1.54, 1.807) is 19.2 Å². The van der Waals surface area contributed by atoms with Crippen LogP contribution in [0, 0.1) is 0 Å². The molecule has 31 heavy (non-hydrogen) atoms.